The summed E-state index contributed by atoms with van der Waals surface area (Å²) in [6.45, 7) is 8.20. The number of aliphatic hydroxyl groups excluding tert-OH is 1. The second-order valence-corrected chi connectivity index (χ2v) is 7.60. The lowest BCUT2D eigenvalue weighted by Crippen LogP contribution is -2.23. The molecule has 0 aliphatic heterocycles. The molecule has 3 heteroatoms. The molecule has 0 aliphatic rings. The third-order valence-corrected chi connectivity index (χ3v) is 5.33. The fraction of sp³-hybridized carbons (Fsp3) is 1.00. The van der Waals surface area contributed by atoms with Crippen LogP contribution >= 0.6 is 0 Å². The van der Waals surface area contributed by atoms with Crippen molar-refractivity contribution in [2.45, 2.75) is 123 Å². The Kier molecular flexibility index (Phi) is 20.1. The van der Waals surface area contributed by atoms with Crippen molar-refractivity contribution in [3.05, 3.63) is 0 Å². The van der Waals surface area contributed by atoms with Crippen molar-refractivity contribution < 1.29 is 10.2 Å². The van der Waals surface area contributed by atoms with Crippen molar-refractivity contribution in [1.82, 2.24) is 4.90 Å². The molecule has 2 N–H and O–H groups in total. The molecule has 0 rings (SSSR count). The summed E-state index contributed by atoms with van der Waals surface area (Å²) in [4.78, 5) is 2.53. The summed E-state index contributed by atoms with van der Waals surface area (Å²) in [7, 11) is 0. The summed E-state index contributed by atoms with van der Waals surface area (Å²) in [5.41, 5.74) is 0. The highest BCUT2D eigenvalue weighted by Crippen LogP contribution is 2.14. The predicted octanol–water partition coefficient (Wildman–Crippen LogP) is 5.88. The first-order valence-corrected chi connectivity index (χ1v) is 11.3. The van der Waals surface area contributed by atoms with Gasteiger partial charge in [-0.15, -0.1) is 0 Å². The summed E-state index contributed by atoms with van der Waals surface area (Å²) in [5, 5.41) is 17.5. The first-order valence-electron chi connectivity index (χ1n) is 11.3. The Morgan fingerprint density at radius 2 is 0.840 bits per heavy atom. The van der Waals surface area contributed by atoms with Gasteiger partial charge >= 0.3 is 0 Å². The van der Waals surface area contributed by atoms with Gasteiger partial charge in [-0.2, -0.15) is 0 Å². The minimum atomic E-state index is -1.10. The van der Waals surface area contributed by atoms with Crippen LogP contribution in [0.4, 0.5) is 0 Å². The van der Waals surface area contributed by atoms with Crippen molar-refractivity contribution in [3.8, 4) is 0 Å². The maximum Gasteiger partial charge on any atom is 0.151 e. The number of aliphatic hydroxyl groups is 2. The van der Waals surface area contributed by atoms with Crippen LogP contribution in [0.15, 0.2) is 0 Å². The van der Waals surface area contributed by atoms with Gasteiger partial charge < -0.3 is 15.1 Å². The summed E-state index contributed by atoms with van der Waals surface area (Å²) < 4.78 is 0. The Labute approximate surface area is 158 Å². The number of nitrogens with zero attached hydrogens (tertiary/aromatic N) is 1. The second kappa shape index (κ2) is 20.2. The van der Waals surface area contributed by atoms with Crippen LogP contribution in [0.5, 0.6) is 0 Å². The van der Waals surface area contributed by atoms with E-state index >= 15 is 0 Å². The molecule has 0 aromatic heterocycles. The van der Waals surface area contributed by atoms with E-state index in [0.717, 1.165) is 12.8 Å². The zero-order valence-electron chi connectivity index (χ0n) is 17.4. The third kappa shape index (κ3) is 20.0. The molecule has 0 radical (unpaired) electrons. The maximum absolute atomic E-state index is 8.76. The van der Waals surface area contributed by atoms with Gasteiger partial charge in [0.1, 0.15) is 0 Å². The van der Waals surface area contributed by atoms with Crippen molar-refractivity contribution in [2.75, 3.05) is 19.6 Å². The number of unbranched alkanes of at least 4 members (excludes halogenated alkanes) is 14. The molecule has 3 nitrogen and oxygen atoms in total. The highest BCUT2D eigenvalue weighted by Gasteiger charge is 1.99. The number of hydrogen-bond acceptors (Lipinski definition) is 3. The molecular weight excluding hydrogens is 310 g/mol. The Bertz CT molecular complexity index is 242. The molecule has 0 fully saturated rings. The van der Waals surface area contributed by atoms with E-state index in [9.17, 15) is 0 Å². The van der Waals surface area contributed by atoms with Crippen LogP contribution < -0.4 is 0 Å². The van der Waals surface area contributed by atoms with Gasteiger partial charge in [-0.3, -0.25) is 0 Å². The van der Waals surface area contributed by atoms with E-state index in [1.807, 2.05) is 0 Å². The van der Waals surface area contributed by atoms with Crippen LogP contribution in [0.2, 0.25) is 0 Å². The van der Waals surface area contributed by atoms with E-state index in [1.54, 1.807) is 0 Å². The van der Waals surface area contributed by atoms with Crippen LogP contribution in [0.3, 0.4) is 0 Å². The molecule has 0 unspecified atom stereocenters. The van der Waals surface area contributed by atoms with Gasteiger partial charge in [0.15, 0.2) is 6.29 Å². The van der Waals surface area contributed by atoms with E-state index in [0.29, 0.717) is 6.42 Å². The van der Waals surface area contributed by atoms with Crippen molar-refractivity contribution in [2.24, 2.45) is 0 Å². The minimum absolute atomic E-state index is 0.538. The lowest BCUT2D eigenvalue weighted by atomic mass is 10.0. The molecule has 25 heavy (non-hydrogen) atoms. The number of rotatable bonds is 20. The first-order chi connectivity index (χ1) is 12.2. The SMILES string of the molecule is CCN(CC)CCCCCCCCCCCCCCCCCC(O)O. The highest BCUT2D eigenvalue weighted by atomic mass is 16.5. The van der Waals surface area contributed by atoms with Crippen LogP contribution in [0.25, 0.3) is 0 Å². The van der Waals surface area contributed by atoms with Gasteiger partial charge in [0.25, 0.3) is 0 Å². The Balaban J connectivity index is 3.05. The van der Waals surface area contributed by atoms with Gasteiger partial charge in [-0.25, -0.2) is 0 Å². The topological polar surface area (TPSA) is 43.7 Å². The van der Waals surface area contributed by atoms with E-state index in [4.69, 9.17) is 10.2 Å². The highest BCUT2D eigenvalue weighted by molar-refractivity contribution is 4.54. The summed E-state index contributed by atoms with van der Waals surface area (Å²) in [6.07, 6.45) is 19.6. The largest absolute Gasteiger partial charge is 0.368 e. The van der Waals surface area contributed by atoms with Crippen LogP contribution in [-0.2, 0) is 0 Å². The molecular formula is C22H47NO2. The monoisotopic (exact) mass is 357 g/mol. The van der Waals surface area contributed by atoms with Crippen LogP contribution in [-0.4, -0.2) is 41.0 Å². The fourth-order valence-electron chi connectivity index (χ4n) is 3.50. The zero-order valence-corrected chi connectivity index (χ0v) is 17.4. The van der Waals surface area contributed by atoms with Crippen molar-refractivity contribution >= 4 is 0 Å². The van der Waals surface area contributed by atoms with Crippen molar-refractivity contribution in [1.29, 1.82) is 0 Å². The lowest BCUT2D eigenvalue weighted by Gasteiger charge is -2.17. The predicted molar refractivity (Wildman–Crippen MR) is 110 cm³/mol. The normalized spacial score (nSPS) is 11.8. The summed E-state index contributed by atoms with van der Waals surface area (Å²) in [5.74, 6) is 0. The van der Waals surface area contributed by atoms with Gasteiger partial charge in [0, 0.05) is 0 Å². The minimum Gasteiger partial charge on any atom is -0.368 e. The van der Waals surface area contributed by atoms with Gasteiger partial charge in [-0.05, 0) is 38.9 Å². The molecule has 152 valence electrons. The fourth-order valence-corrected chi connectivity index (χ4v) is 3.50. The van der Waals surface area contributed by atoms with Gasteiger partial charge in [0.05, 0.1) is 0 Å². The standard InChI is InChI=1S/C22H47NO2/c1-3-23(4-2)21-19-17-15-13-11-9-7-5-6-8-10-12-14-16-18-20-22(24)25/h22,24-25H,3-21H2,1-2H3. The molecule has 0 saturated carbocycles. The van der Waals surface area contributed by atoms with E-state index < -0.39 is 6.29 Å². The van der Waals surface area contributed by atoms with Gasteiger partial charge in [-0.1, -0.05) is 97.3 Å². The smallest absolute Gasteiger partial charge is 0.151 e. The Morgan fingerprint density at radius 1 is 0.520 bits per heavy atom. The molecule has 0 atom stereocenters. The Hall–Kier alpha value is -0.120. The zero-order chi connectivity index (χ0) is 18.6. The Morgan fingerprint density at radius 3 is 1.16 bits per heavy atom. The van der Waals surface area contributed by atoms with Crippen molar-refractivity contribution in [3.63, 3.8) is 0 Å². The summed E-state index contributed by atoms with van der Waals surface area (Å²) in [6, 6.07) is 0. The molecule has 0 bridgehead atoms. The van der Waals surface area contributed by atoms with E-state index in [-0.39, 0.29) is 0 Å². The van der Waals surface area contributed by atoms with Gasteiger partial charge in [0.2, 0.25) is 0 Å². The lowest BCUT2D eigenvalue weighted by molar-refractivity contribution is -0.0466. The van der Waals surface area contributed by atoms with Crippen LogP contribution in [0, 0.1) is 0 Å². The molecule has 0 spiro atoms. The quantitative estimate of drug-likeness (QED) is 0.211. The van der Waals surface area contributed by atoms with E-state index in [1.165, 1.54) is 103 Å². The molecule has 0 aromatic carbocycles. The molecule has 0 amide bonds. The number of hydrogen-bond donors (Lipinski definition) is 2. The molecule has 0 aliphatic carbocycles. The van der Waals surface area contributed by atoms with E-state index in [2.05, 4.69) is 18.7 Å². The molecule has 0 saturated heterocycles. The maximum atomic E-state index is 8.76. The third-order valence-electron chi connectivity index (χ3n) is 5.33. The van der Waals surface area contributed by atoms with Crippen LogP contribution in [0.1, 0.15) is 117 Å². The summed E-state index contributed by atoms with van der Waals surface area (Å²) >= 11 is 0. The average molecular weight is 358 g/mol. The molecule has 0 heterocycles. The second-order valence-electron chi connectivity index (χ2n) is 7.60. The first kappa shape index (κ1) is 24.9. The average Bonchev–Trinajstić information content (AvgIpc) is 2.60. The molecule has 0 aromatic rings.